The fourth-order valence-corrected chi connectivity index (χ4v) is 3.07. The van der Waals surface area contributed by atoms with E-state index in [1.165, 1.54) is 11.3 Å². The van der Waals surface area contributed by atoms with Crippen LogP contribution in [0.4, 0.5) is 10.8 Å². The highest BCUT2D eigenvalue weighted by atomic mass is 35.5. The van der Waals surface area contributed by atoms with Gasteiger partial charge in [0.25, 0.3) is 0 Å². The largest absolute Gasteiger partial charge is 0.497 e. The number of methoxy groups -OCH3 is 1. The van der Waals surface area contributed by atoms with E-state index < -0.39 is 0 Å². The number of thiazole rings is 1. The lowest BCUT2D eigenvalue weighted by atomic mass is 10.2. The van der Waals surface area contributed by atoms with Crippen LogP contribution in [-0.4, -0.2) is 12.1 Å². The number of hydrogen-bond acceptors (Lipinski definition) is 5. The van der Waals surface area contributed by atoms with Crippen LogP contribution in [0, 0.1) is 0 Å². The summed E-state index contributed by atoms with van der Waals surface area (Å²) >= 11 is 13.5. The fourth-order valence-electron chi connectivity index (χ4n) is 1.94. The van der Waals surface area contributed by atoms with E-state index in [-0.39, 0.29) is 0 Å². The molecule has 0 aliphatic carbocycles. The molecule has 2 N–H and O–H groups in total. The molecule has 1 heterocycles. The molecule has 0 unspecified atom stereocenters. The van der Waals surface area contributed by atoms with Crippen molar-refractivity contribution in [3.63, 3.8) is 0 Å². The zero-order valence-corrected chi connectivity index (χ0v) is 14.5. The van der Waals surface area contributed by atoms with Crippen LogP contribution < -0.4 is 15.6 Å². The van der Waals surface area contributed by atoms with Gasteiger partial charge in [-0.2, -0.15) is 0 Å². The zero-order valence-electron chi connectivity index (χ0n) is 12.1. The number of benzene rings is 2. The van der Waals surface area contributed by atoms with Gasteiger partial charge in [0.15, 0.2) is 0 Å². The van der Waals surface area contributed by atoms with Gasteiger partial charge in [0.2, 0.25) is 5.13 Å². The molecule has 0 aliphatic heterocycles. The molecule has 3 rings (SSSR count). The van der Waals surface area contributed by atoms with Gasteiger partial charge in [0.1, 0.15) is 5.75 Å². The Morgan fingerprint density at radius 2 is 1.83 bits per heavy atom. The summed E-state index contributed by atoms with van der Waals surface area (Å²) in [5, 5.41) is 3.85. The van der Waals surface area contributed by atoms with Gasteiger partial charge in [0.05, 0.1) is 23.5 Å². The molecule has 1 aromatic heterocycles. The van der Waals surface area contributed by atoms with Gasteiger partial charge >= 0.3 is 0 Å². The summed E-state index contributed by atoms with van der Waals surface area (Å²) in [4.78, 5) is 4.53. The average molecular weight is 366 g/mol. The Morgan fingerprint density at radius 1 is 1.04 bits per heavy atom. The van der Waals surface area contributed by atoms with Crippen LogP contribution in [0.3, 0.4) is 0 Å². The van der Waals surface area contributed by atoms with Crippen molar-refractivity contribution in [2.75, 3.05) is 18.0 Å². The summed E-state index contributed by atoms with van der Waals surface area (Å²) in [7, 11) is 1.65. The molecule has 7 heteroatoms. The molecule has 0 radical (unpaired) electrons. The van der Waals surface area contributed by atoms with Crippen molar-refractivity contribution in [2.45, 2.75) is 0 Å². The van der Waals surface area contributed by atoms with E-state index in [0.29, 0.717) is 10.0 Å². The number of nitrogens with one attached hydrogen (secondary N) is 2. The Hall–Kier alpha value is -1.95. The van der Waals surface area contributed by atoms with Crippen LogP contribution in [0.5, 0.6) is 5.75 Å². The number of rotatable bonds is 5. The zero-order chi connectivity index (χ0) is 16.2. The second-order valence-electron chi connectivity index (χ2n) is 4.64. The van der Waals surface area contributed by atoms with E-state index >= 15 is 0 Å². The van der Waals surface area contributed by atoms with Gasteiger partial charge in [-0.1, -0.05) is 23.2 Å². The summed E-state index contributed by atoms with van der Waals surface area (Å²) < 4.78 is 5.16. The maximum atomic E-state index is 6.11. The molecule has 2 aromatic carbocycles. The number of ether oxygens (including phenoxy) is 1. The molecule has 0 atom stereocenters. The average Bonchev–Trinajstić information content (AvgIpc) is 3.03. The normalized spacial score (nSPS) is 10.4. The lowest BCUT2D eigenvalue weighted by Crippen LogP contribution is -2.08. The summed E-state index contributed by atoms with van der Waals surface area (Å²) in [6, 6.07) is 13.0. The number of halogens is 2. The van der Waals surface area contributed by atoms with E-state index in [1.807, 2.05) is 29.6 Å². The van der Waals surface area contributed by atoms with Crippen molar-refractivity contribution >= 4 is 45.4 Å². The van der Waals surface area contributed by atoms with Crippen LogP contribution in [-0.2, 0) is 0 Å². The van der Waals surface area contributed by atoms with E-state index in [2.05, 4.69) is 15.8 Å². The third-order valence-electron chi connectivity index (χ3n) is 3.13. The van der Waals surface area contributed by atoms with Gasteiger partial charge in [0, 0.05) is 16.0 Å². The smallest absolute Gasteiger partial charge is 0.202 e. The number of nitrogens with zero attached hydrogens (tertiary/aromatic N) is 1. The van der Waals surface area contributed by atoms with Crippen LogP contribution in [0.1, 0.15) is 0 Å². The topological polar surface area (TPSA) is 46.2 Å². The lowest BCUT2D eigenvalue weighted by molar-refractivity contribution is 0.415. The first-order valence-electron chi connectivity index (χ1n) is 6.73. The Morgan fingerprint density at radius 3 is 2.52 bits per heavy atom. The molecule has 118 valence electrons. The van der Waals surface area contributed by atoms with E-state index in [0.717, 1.165) is 27.8 Å². The van der Waals surface area contributed by atoms with Crippen molar-refractivity contribution in [2.24, 2.45) is 0 Å². The standard InChI is InChI=1S/C16H13Cl2N3OS/c1-22-12-5-2-10(3-6-12)15-9-23-16(19-15)21-20-14-7-4-11(17)8-13(14)18/h2-9,20H,1H3,(H,19,21). The number of hydrogen-bond donors (Lipinski definition) is 2. The predicted octanol–water partition coefficient (Wildman–Crippen LogP) is 5.56. The number of aromatic nitrogens is 1. The highest BCUT2D eigenvalue weighted by molar-refractivity contribution is 7.14. The third kappa shape index (κ3) is 3.88. The first kappa shape index (κ1) is 15.9. The van der Waals surface area contributed by atoms with Gasteiger partial charge in [-0.25, -0.2) is 4.98 Å². The van der Waals surface area contributed by atoms with Crippen molar-refractivity contribution in [1.29, 1.82) is 0 Å². The van der Waals surface area contributed by atoms with E-state index in [1.54, 1.807) is 25.3 Å². The maximum Gasteiger partial charge on any atom is 0.202 e. The van der Waals surface area contributed by atoms with Crippen LogP contribution in [0.15, 0.2) is 47.8 Å². The van der Waals surface area contributed by atoms with Crippen LogP contribution >= 0.6 is 34.5 Å². The minimum absolute atomic E-state index is 0.539. The predicted molar refractivity (Wildman–Crippen MR) is 97.8 cm³/mol. The molecule has 0 saturated carbocycles. The van der Waals surface area contributed by atoms with Crippen LogP contribution in [0.25, 0.3) is 11.3 Å². The summed E-state index contributed by atoms with van der Waals surface area (Å²) in [5.74, 6) is 0.821. The number of anilines is 2. The summed E-state index contributed by atoms with van der Waals surface area (Å²) in [6.07, 6.45) is 0. The minimum Gasteiger partial charge on any atom is -0.497 e. The molecule has 0 fully saturated rings. The monoisotopic (exact) mass is 365 g/mol. The third-order valence-corrected chi connectivity index (χ3v) is 4.43. The molecule has 0 amide bonds. The molecular weight excluding hydrogens is 353 g/mol. The molecule has 0 bridgehead atoms. The van der Waals surface area contributed by atoms with Crippen molar-refractivity contribution < 1.29 is 4.74 Å². The van der Waals surface area contributed by atoms with E-state index in [9.17, 15) is 0 Å². The first-order valence-corrected chi connectivity index (χ1v) is 8.36. The first-order chi connectivity index (χ1) is 11.2. The van der Waals surface area contributed by atoms with Gasteiger partial charge in [-0.05, 0) is 42.5 Å². The molecule has 0 spiro atoms. The Kier molecular flexibility index (Phi) is 4.91. The molecule has 4 nitrogen and oxygen atoms in total. The van der Waals surface area contributed by atoms with Gasteiger partial charge in [-0.15, -0.1) is 11.3 Å². The summed E-state index contributed by atoms with van der Waals surface area (Å²) in [6.45, 7) is 0. The Bertz CT molecular complexity index is 805. The Labute approximate surface area is 148 Å². The van der Waals surface area contributed by atoms with Gasteiger partial charge < -0.3 is 4.74 Å². The fraction of sp³-hybridized carbons (Fsp3) is 0.0625. The Balaban J connectivity index is 1.69. The highest BCUT2D eigenvalue weighted by Crippen LogP contribution is 2.28. The number of hydrazine groups is 1. The lowest BCUT2D eigenvalue weighted by Gasteiger charge is -2.08. The molecule has 3 aromatic rings. The second kappa shape index (κ2) is 7.08. The minimum atomic E-state index is 0.539. The van der Waals surface area contributed by atoms with Crippen molar-refractivity contribution in [3.05, 3.63) is 57.9 Å². The van der Waals surface area contributed by atoms with Crippen molar-refractivity contribution in [3.8, 4) is 17.0 Å². The van der Waals surface area contributed by atoms with Crippen LogP contribution in [0.2, 0.25) is 10.0 Å². The SMILES string of the molecule is COc1ccc(-c2csc(NNc3ccc(Cl)cc3Cl)n2)cc1. The quantitative estimate of drug-likeness (QED) is 0.580. The van der Waals surface area contributed by atoms with Gasteiger partial charge in [-0.3, -0.25) is 10.9 Å². The molecular formula is C16H13Cl2N3OS. The van der Waals surface area contributed by atoms with E-state index in [4.69, 9.17) is 27.9 Å². The maximum absolute atomic E-state index is 6.11. The molecule has 0 aliphatic rings. The molecule has 23 heavy (non-hydrogen) atoms. The highest BCUT2D eigenvalue weighted by Gasteiger charge is 2.06. The molecule has 0 saturated heterocycles. The second-order valence-corrected chi connectivity index (χ2v) is 6.34. The van der Waals surface area contributed by atoms with Crippen molar-refractivity contribution in [1.82, 2.24) is 4.98 Å². The summed E-state index contributed by atoms with van der Waals surface area (Å²) in [5.41, 5.74) is 8.72.